The van der Waals surface area contributed by atoms with Crippen molar-refractivity contribution in [2.24, 2.45) is 0 Å². The number of methoxy groups -OCH3 is 1. The maximum Gasteiger partial charge on any atom is 0.142 e. The van der Waals surface area contributed by atoms with Gasteiger partial charge in [-0.25, -0.2) is 0 Å². The van der Waals surface area contributed by atoms with E-state index in [-0.39, 0.29) is 5.54 Å². The molecule has 0 bridgehead atoms. The molecule has 0 aliphatic heterocycles. The van der Waals surface area contributed by atoms with Gasteiger partial charge in [-0.2, -0.15) is 0 Å². The molecule has 0 unspecified atom stereocenters. The zero-order valence-electron chi connectivity index (χ0n) is 13.5. The zero-order chi connectivity index (χ0) is 15.0. The monoisotopic (exact) mass is 280 g/mol. The van der Waals surface area contributed by atoms with Crippen LogP contribution in [-0.2, 0) is 11.3 Å². The van der Waals surface area contributed by atoms with Crippen molar-refractivity contribution >= 4 is 0 Å². The summed E-state index contributed by atoms with van der Waals surface area (Å²) in [7, 11) is 1.72. The number of hydrogen-bond acceptors (Lipinski definition) is 4. The lowest BCUT2D eigenvalue weighted by Gasteiger charge is -2.21. The van der Waals surface area contributed by atoms with E-state index >= 15 is 0 Å². The van der Waals surface area contributed by atoms with E-state index in [1.54, 1.807) is 7.11 Å². The highest BCUT2D eigenvalue weighted by Crippen LogP contribution is 2.18. The molecular formula is C16H28N2O2. The van der Waals surface area contributed by atoms with Gasteiger partial charge in [-0.3, -0.25) is 4.98 Å². The second-order valence-corrected chi connectivity index (χ2v) is 6.05. The van der Waals surface area contributed by atoms with Gasteiger partial charge in [0, 0.05) is 31.5 Å². The van der Waals surface area contributed by atoms with Gasteiger partial charge >= 0.3 is 0 Å². The number of hydrogen-bond donors (Lipinski definition) is 1. The van der Waals surface area contributed by atoms with E-state index in [2.05, 4.69) is 31.1 Å². The first-order valence-corrected chi connectivity index (χ1v) is 7.25. The van der Waals surface area contributed by atoms with Crippen LogP contribution >= 0.6 is 0 Å². The van der Waals surface area contributed by atoms with E-state index in [0.717, 1.165) is 43.1 Å². The molecular weight excluding hydrogens is 252 g/mol. The standard InChI is InChI=1S/C16H28N2O2/c1-13-8-9-15(20-11-7-6-10-19-5)14(18-13)12-17-16(2,3)4/h8-9,17H,6-7,10-12H2,1-5H3. The van der Waals surface area contributed by atoms with E-state index in [9.17, 15) is 0 Å². The predicted molar refractivity (Wildman–Crippen MR) is 82.2 cm³/mol. The predicted octanol–water partition coefficient (Wildman–Crippen LogP) is 3.08. The molecule has 20 heavy (non-hydrogen) atoms. The van der Waals surface area contributed by atoms with Crippen molar-refractivity contribution in [2.75, 3.05) is 20.3 Å². The number of nitrogens with one attached hydrogen (secondary N) is 1. The van der Waals surface area contributed by atoms with Crippen LogP contribution in [0, 0.1) is 6.92 Å². The van der Waals surface area contributed by atoms with Crippen molar-refractivity contribution in [3.05, 3.63) is 23.5 Å². The zero-order valence-corrected chi connectivity index (χ0v) is 13.5. The van der Waals surface area contributed by atoms with Crippen LogP contribution in [0.5, 0.6) is 5.75 Å². The first-order valence-electron chi connectivity index (χ1n) is 7.25. The molecule has 0 fully saturated rings. The highest BCUT2D eigenvalue weighted by Gasteiger charge is 2.12. The van der Waals surface area contributed by atoms with E-state index in [4.69, 9.17) is 9.47 Å². The third-order valence-corrected chi connectivity index (χ3v) is 2.86. The summed E-state index contributed by atoms with van der Waals surface area (Å²) in [6.07, 6.45) is 2.01. The lowest BCUT2D eigenvalue weighted by Crippen LogP contribution is -2.35. The molecule has 1 aromatic rings. The van der Waals surface area contributed by atoms with Gasteiger partial charge in [-0.1, -0.05) is 0 Å². The Kier molecular flexibility index (Phi) is 6.96. The average Bonchev–Trinajstić information content (AvgIpc) is 2.37. The second kappa shape index (κ2) is 8.22. The van der Waals surface area contributed by atoms with E-state index in [0.29, 0.717) is 6.61 Å². The molecule has 4 heteroatoms. The summed E-state index contributed by atoms with van der Waals surface area (Å²) in [5.74, 6) is 0.879. The summed E-state index contributed by atoms with van der Waals surface area (Å²) in [4.78, 5) is 4.58. The van der Waals surface area contributed by atoms with E-state index in [1.807, 2.05) is 19.1 Å². The average molecular weight is 280 g/mol. The molecule has 1 rings (SSSR count). The van der Waals surface area contributed by atoms with Crippen LogP contribution in [0.1, 0.15) is 45.0 Å². The van der Waals surface area contributed by atoms with Crippen LogP contribution in [0.3, 0.4) is 0 Å². The van der Waals surface area contributed by atoms with Gasteiger partial charge in [0.25, 0.3) is 0 Å². The molecule has 0 saturated carbocycles. The summed E-state index contributed by atoms with van der Waals surface area (Å²) in [5.41, 5.74) is 2.07. The minimum absolute atomic E-state index is 0.0706. The van der Waals surface area contributed by atoms with Crippen molar-refractivity contribution in [3.63, 3.8) is 0 Å². The van der Waals surface area contributed by atoms with E-state index in [1.165, 1.54) is 0 Å². The largest absolute Gasteiger partial charge is 0.492 e. The van der Waals surface area contributed by atoms with Gasteiger partial charge in [0.1, 0.15) is 5.75 Å². The highest BCUT2D eigenvalue weighted by atomic mass is 16.5. The Bertz CT molecular complexity index is 400. The Morgan fingerprint density at radius 1 is 1.15 bits per heavy atom. The smallest absolute Gasteiger partial charge is 0.142 e. The van der Waals surface area contributed by atoms with Crippen molar-refractivity contribution in [1.82, 2.24) is 10.3 Å². The summed E-state index contributed by atoms with van der Waals surface area (Å²) in [5, 5.41) is 3.45. The van der Waals surface area contributed by atoms with Gasteiger partial charge in [-0.15, -0.1) is 0 Å². The third-order valence-electron chi connectivity index (χ3n) is 2.86. The number of aryl methyl sites for hydroxylation is 1. The van der Waals surface area contributed by atoms with Crippen LogP contribution in [0.15, 0.2) is 12.1 Å². The minimum atomic E-state index is 0.0706. The number of nitrogens with zero attached hydrogens (tertiary/aromatic N) is 1. The molecule has 0 amide bonds. The van der Waals surface area contributed by atoms with Crippen molar-refractivity contribution in [1.29, 1.82) is 0 Å². The van der Waals surface area contributed by atoms with Crippen LogP contribution in [0.4, 0.5) is 0 Å². The molecule has 0 aromatic carbocycles. The number of ether oxygens (including phenoxy) is 2. The van der Waals surface area contributed by atoms with Gasteiger partial charge in [0.15, 0.2) is 0 Å². The fraction of sp³-hybridized carbons (Fsp3) is 0.688. The molecule has 4 nitrogen and oxygen atoms in total. The summed E-state index contributed by atoms with van der Waals surface area (Å²) >= 11 is 0. The van der Waals surface area contributed by atoms with Gasteiger partial charge in [-0.05, 0) is 52.7 Å². The van der Waals surface area contributed by atoms with Crippen molar-refractivity contribution < 1.29 is 9.47 Å². The van der Waals surface area contributed by atoms with Gasteiger partial charge in [0.2, 0.25) is 0 Å². The fourth-order valence-corrected chi connectivity index (χ4v) is 1.74. The van der Waals surface area contributed by atoms with Crippen LogP contribution in [0.2, 0.25) is 0 Å². The number of aromatic nitrogens is 1. The molecule has 0 aliphatic rings. The maximum absolute atomic E-state index is 5.85. The molecule has 0 atom stereocenters. The summed E-state index contributed by atoms with van der Waals surface area (Å²) < 4.78 is 10.9. The summed E-state index contributed by atoms with van der Waals surface area (Å²) in [6.45, 7) is 10.7. The number of pyridine rings is 1. The Morgan fingerprint density at radius 2 is 1.85 bits per heavy atom. The highest BCUT2D eigenvalue weighted by molar-refractivity contribution is 5.29. The second-order valence-electron chi connectivity index (χ2n) is 6.05. The number of unbranched alkanes of at least 4 members (excludes halogenated alkanes) is 1. The Hall–Kier alpha value is -1.13. The maximum atomic E-state index is 5.85. The molecule has 114 valence electrons. The Morgan fingerprint density at radius 3 is 2.50 bits per heavy atom. The topological polar surface area (TPSA) is 43.4 Å². The minimum Gasteiger partial charge on any atom is -0.492 e. The van der Waals surface area contributed by atoms with Crippen molar-refractivity contribution in [3.8, 4) is 5.75 Å². The Labute approximate surface area is 122 Å². The normalized spacial score (nSPS) is 11.7. The van der Waals surface area contributed by atoms with Gasteiger partial charge in [0.05, 0.1) is 12.3 Å². The fourth-order valence-electron chi connectivity index (χ4n) is 1.74. The van der Waals surface area contributed by atoms with Crippen LogP contribution in [0.25, 0.3) is 0 Å². The third kappa shape index (κ3) is 6.87. The van der Waals surface area contributed by atoms with E-state index < -0.39 is 0 Å². The molecule has 0 radical (unpaired) electrons. The van der Waals surface area contributed by atoms with Crippen LogP contribution in [-0.4, -0.2) is 30.8 Å². The van der Waals surface area contributed by atoms with Gasteiger partial charge < -0.3 is 14.8 Å². The van der Waals surface area contributed by atoms with Crippen molar-refractivity contribution in [2.45, 2.75) is 52.6 Å². The first-order chi connectivity index (χ1) is 9.42. The molecule has 0 aliphatic carbocycles. The molecule has 1 heterocycles. The molecule has 0 spiro atoms. The lowest BCUT2D eigenvalue weighted by atomic mass is 10.1. The molecule has 1 N–H and O–H groups in total. The Balaban J connectivity index is 2.56. The molecule has 0 saturated heterocycles. The molecule has 1 aromatic heterocycles. The SMILES string of the molecule is COCCCCOc1ccc(C)nc1CNC(C)(C)C. The lowest BCUT2D eigenvalue weighted by molar-refractivity contribution is 0.183. The quantitative estimate of drug-likeness (QED) is 0.743. The number of rotatable bonds is 8. The van der Waals surface area contributed by atoms with Crippen LogP contribution < -0.4 is 10.1 Å². The first kappa shape index (κ1) is 16.9. The summed E-state index contributed by atoms with van der Waals surface area (Å²) in [6, 6.07) is 4.00.